The van der Waals surface area contributed by atoms with Gasteiger partial charge >= 0.3 is 11.7 Å². The van der Waals surface area contributed by atoms with Gasteiger partial charge in [-0.3, -0.25) is 0 Å². The fourth-order valence-electron chi connectivity index (χ4n) is 1.06. The van der Waals surface area contributed by atoms with E-state index in [-0.39, 0.29) is 5.71 Å². The van der Waals surface area contributed by atoms with Gasteiger partial charge in [-0.2, -0.15) is 4.79 Å². The molecule has 5 heteroatoms. The molecule has 0 aliphatic carbocycles. The highest BCUT2D eigenvalue weighted by molar-refractivity contribution is 6.33. The summed E-state index contributed by atoms with van der Waals surface area (Å²) in [4.78, 5) is 13.9. The van der Waals surface area contributed by atoms with Gasteiger partial charge in [0.2, 0.25) is 0 Å². The van der Waals surface area contributed by atoms with Gasteiger partial charge in [0.05, 0.1) is 13.5 Å². The van der Waals surface area contributed by atoms with E-state index in [2.05, 4.69) is 9.53 Å². The average molecular weight is 193 g/mol. The first-order chi connectivity index (χ1) is 6.77. The maximum Gasteiger partial charge on any atom is 0.416 e. The second-order valence-corrected chi connectivity index (χ2v) is 2.71. The van der Waals surface area contributed by atoms with E-state index < -0.39 is 5.97 Å². The second-order valence-electron chi connectivity index (χ2n) is 2.71. The maximum absolute atomic E-state index is 11.0. The Labute approximate surface area is 81.5 Å². The molecule has 0 atom stereocenters. The van der Waals surface area contributed by atoms with Gasteiger partial charge in [0, 0.05) is 18.9 Å². The minimum Gasteiger partial charge on any atom is -0.460 e. The van der Waals surface area contributed by atoms with Crippen LogP contribution in [0.2, 0.25) is 0 Å². The molecule has 14 heavy (non-hydrogen) atoms. The highest BCUT2D eigenvalue weighted by Crippen LogP contribution is 1.95. The Morgan fingerprint density at radius 1 is 1.50 bits per heavy atom. The van der Waals surface area contributed by atoms with Gasteiger partial charge in [-0.1, -0.05) is 0 Å². The first kappa shape index (κ1) is 10.2. The van der Waals surface area contributed by atoms with Gasteiger partial charge in [-0.15, -0.1) is 0 Å². The lowest BCUT2D eigenvalue weighted by molar-refractivity contribution is -0.137. The van der Waals surface area contributed by atoms with Crippen LogP contribution in [0.4, 0.5) is 0 Å². The summed E-state index contributed by atoms with van der Waals surface area (Å²) in [6, 6.07) is 3.77. The van der Waals surface area contributed by atoms with Crippen molar-refractivity contribution in [2.45, 2.75) is 13.0 Å². The maximum atomic E-state index is 11.0. The van der Waals surface area contributed by atoms with Gasteiger partial charge in [0.15, 0.2) is 0 Å². The lowest BCUT2D eigenvalue weighted by Crippen LogP contribution is -2.18. The van der Waals surface area contributed by atoms with Crippen molar-refractivity contribution in [2.24, 2.45) is 0 Å². The minimum absolute atomic E-state index is 0.0289. The number of carbonyl (C=O) groups excluding carboxylic acids is 1. The van der Waals surface area contributed by atoms with Gasteiger partial charge in [0.1, 0.15) is 0 Å². The number of rotatable bonds is 4. The topological polar surface area (TPSA) is 67.6 Å². The Hall–Kier alpha value is -1.87. The third-order valence-electron chi connectivity index (χ3n) is 1.81. The Balaban J connectivity index is 2.52. The zero-order valence-corrected chi connectivity index (χ0v) is 7.88. The SMILES string of the molecule is COC(=O)C(CCn1cccc1)=[N+]=[N-]. The molecule has 0 saturated carbocycles. The quantitative estimate of drug-likeness (QED) is 0.306. The lowest BCUT2D eigenvalue weighted by atomic mass is 10.3. The molecule has 0 saturated heterocycles. The number of carbonyl (C=O) groups is 1. The summed E-state index contributed by atoms with van der Waals surface area (Å²) in [7, 11) is 1.25. The molecule has 0 fully saturated rings. The summed E-state index contributed by atoms with van der Waals surface area (Å²) in [5.74, 6) is -0.598. The van der Waals surface area contributed by atoms with Crippen LogP contribution in [0, 0.1) is 0 Å². The van der Waals surface area contributed by atoms with Gasteiger partial charge in [-0.25, -0.2) is 4.79 Å². The number of ether oxygens (including phenoxy) is 1. The number of hydrogen-bond donors (Lipinski definition) is 0. The van der Waals surface area contributed by atoms with Crippen LogP contribution in [0.1, 0.15) is 6.42 Å². The van der Waals surface area contributed by atoms with Crippen LogP contribution in [0.25, 0.3) is 5.53 Å². The van der Waals surface area contributed by atoms with Crippen molar-refractivity contribution >= 4 is 11.7 Å². The van der Waals surface area contributed by atoms with Gasteiger partial charge < -0.3 is 14.8 Å². The number of hydrogen-bond acceptors (Lipinski definition) is 2. The monoisotopic (exact) mass is 193 g/mol. The fraction of sp³-hybridized carbons (Fsp3) is 0.333. The van der Waals surface area contributed by atoms with E-state index in [1.807, 2.05) is 29.1 Å². The summed E-state index contributed by atoms with van der Waals surface area (Å²) in [6.07, 6.45) is 4.08. The Morgan fingerprint density at radius 2 is 2.14 bits per heavy atom. The van der Waals surface area contributed by atoms with Crippen LogP contribution in [-0.4, -0.2) is 28.1 Å². The zero-order valence-electron chi connectivity index (χ0n) is 7.88. The molecule has 0 amide bonds. The van der Waals surface area contributed by atoms with Crippen molar-refractivity contribution in [3.63, 3.8) is 0 Å². The van der Waals surface area contributed by atoms with E-state index in [1.54, 1.807) is 0 Å². The summed E-state index contributed by atoms with van der Waals surface area (Å²) < 4.78 is 6.32. The van der Waals surface area contributed by atoms with Crippen molar-refractivity contribution < 1.29 is 14.3 Å². The molecule has 74 valence electrons. The van der Waals surface area contributed by atoms with Crippen LogP contribution in [-0.2, 0) is 16.1 Å². The molecule has 0 N–H and O–H groups in total. The molecule has 5 nitrogen and oxygen atoms in total. The second kappa shape index (κ2) is 4.99. The third kappa shape index (κ3) is 2.57. The molecule has 0 radical (unpaired) electrons. The number of aryl methyl sites for hydroxylation is 1. The number of aromatic nitrogens is 1. The van der Waals surface area contributed by atoms with Crippen LogP contribution in [0.5, 0.6) is 0 Å². The summed E-state index contributed by atoms with van der Waals surface area (Å²) in [6.45, 7) is 0.585. The molecule has 1 aromatic rings. The molecule has 0 spiro atoms. The van der Waals surface area contributed by atoms with E-state index in [1.165, 1.54) is 7.11 Å². The molecular weight excluding hydrogens is 182 g/mol. The summed E-state index contributed by atoms with van der Waals surface area (Å²) >= 11 is 0. The Kier molecular flexibility index (Phi) is 3.64. The fourth-order valence-corrected chi connectivity index (χ4v) is 1.06. The van der Waals surface area contributed by atoms with Crippen molar-refractivity contribution in [3.8, 4) is 0 Å². The molecule has 1 rings (SSSR count). The molecule has 1 aromatic heterocycles. The van der Waals surface area contributed by atoms with Crippen molar-refractivity contribution in [2.75, 3.05) is 7.11 Å². The lowest BCUT2D eigenvalue weighted by Gasteiger charge is -1.98. The zero-order chi connectivity index (χ0) is 10.4. The predicted molar refractivity (Wildman–Crippen MR) is 49.7 cm³/mol. The van der Waals surface area contributed by atoms with E-state index >= 15 is 0 Å². The normalized spacial score (nSPS) is 9.21. The number of nitrogens with zero attached hydrogens (tertiary/aromatic N) is 3. The van der Waals surface area contributed by atoms with Crippen LogP contribution in [0.3, 0.4) is 0 Å². The van der Waals surface area contributed by atoms with Crippen molar-refractivity contribution in [1.82, 2.24) is 4.57 Å². The minimum atomic E-state index is -0.598. The predicted octanol–water partition coefficient (Wildman–Crippen LogP) is 0.722. The molecule has 0 aliphatic heterocycles. The molecule has 1 heterocycles. The molecule has 0 bridgehead atoms. The van der Waals surface area contributed by atoms with Crippen molar-refractivity contribution in [3.05, 3.63) is 30.1 Å². The summed E-state index contributed by atoms with van der Waals surface area (Å²) in [5.41, 5.74) is 8.56. The van der Waals surface area contributed by atoms with Crippen LogP contribution in [0.15, 0.2) is 24.5 Å². The summed E-state index contributed by atoms with van der Waals surface area (Å²) in [5, 5.41) is 0. The van der Waals surface area contributed by atoms with Gasteiger partial charge in [-0.05, 0) is 12.1 Å². The Morgan fingerprint density at radius 3 is 2.64 bits per heavy atom. The number of methoxy groups -OCH3 is 1. The van der Waals surface area contributed by atoms with Crippen molar-refractivity contribution in [1.29, 1.82) is 0 Å². The standard InChI is InChI=1S/C9H11N3O2/c1-14-9(13)8(11-10)4-7-12-5-2-3-6-12/h2-3,5-6H,4,7H2,1H3. The Bertz CT molecular complexity index is 350. The van der Waals surface area contributed by atoms with E-state index in [0.717, 1.165) is 0 Å². The molecule has 0 aromatic carbocycles. The first-order valence-corrected chi connectivity index (χ1v) is 4.18. The smallest absolute Gasteiger partial charge is 0.416 e. The van der Waals surface area contributed by atoms with Crippen LogP contribution >= 0.6 is 0 Å². The number of esters is 1. The highest BCUT2D eigenvalue weighted by Gasteiger charge is 2.19. The van der Waals surface area contributed by atoms with Crippen LogP contribution < -0.4 is 0 Å². The average Bonchev–Trinajstić information content (AvgIpc) is 2.71. The van der Waals surface area contributed by atoms with E-state index in [0.29, 0.717) is 13.0 Å². The molecule has 0 aliphatic rings. The van der Waals surface area contributed by atoms with E-state index in [4.69, 9.17) is 5.53 Å². The first-order valence-electron chi connectivity index (χ1n) is 4.18. The largest absolute Gasteiger partial charge is 0.460 e. The highest BCUT2D eigenvalue weighted by atomic mass is 16.5. The molecular formula is C9H11N3O2. The van der Waals surface area contributed by atoms with E-state index in [9.17, 15) is 4.79 Å². The van der Waals surface area contributed by atoms with Gasteiger partial charge in [0.25, 0.3) is 0 Å². The third-order valence-corrected chi connectivity index (χ3v) is 1.81. The molecule has 0 unspecified atom stereocenters.